The van der Waals surface area contributed by atoms with Crippen LogP contribution in [0, 0.1) is 0 Å². The average Bonchev–Trinajstić information content (AvgIpc) is 3.51. The molecule has 0 radical (unpaired) electrons. The Labute approximate surface area is 275 Å². The summed E-state index contributed by atoms with van der Waals surface area (Å²) in [6.07, 6.45) is 0. The number of benzene rings is 6. The lowest BCUT2D eigenvalue weighted by Gasteiger charge is -2.19. The molecule has 0 atom stereocenters. The molecule has 0 amide bonds. The zero-order valence-corrected chi connectivity index (χ0v) is 26.7. The second kappa shape index (κ2) is 11.5. The molecule has 0 aliphatic carbocycles. The molecule has 0 N–H and O–H groups in total. The van der Waals surface area contributed by atoms with Crippen LogP contribution in [-0.2, 0) is 5.41 Å². The topological polar surface area (TPSA) is 43.6 Å². The molecule has 0 aliphatic heterocycles. The van der Waals surface area contributed by atoms with Crippen molar-refractivity contribution in [1.82, 2.24) is 19.5 Å². The van der Waals surface area contributed by atoms with E-state index in [9.17, 15) is 0 Å². The molecule has 226 valence electrons. The Kier molecular flexibility index (Phi) is 6.99. The van der Waals surface area contributed by atoms with Gasteiger partial charge >= 0.3 is 0 Å². The van der Waals surface area contributed by atoms with Crippen LogP contribution in [0.3, 0.4) is 0 Å². The fraction of sp³-hybridized carbons (Fsp3) is 0.0930. The molecular formula is C43H34N4. The highest BCUT2D eigenvalue weighted by atomic mass is 15.1. The first-order valence-corrected chi connectivity index (χ1v) is 16.0. The molecule has 8 aromatic rings. The Morgan fingerprint density at radius 3 is 1.45 bits per heavy atom. The van der Waals surface area contributed by atoms with Crippen LogP contribution >= 0.6 is 0 Å². The zero-order chi connectivity index (χ0) is 32.0. The van der Waals surface area contributed by atoms with Crippen LogP contribution in [-0.4, -0.2) is 19.5 Å². The molecule has 0 unspecified atom stereocenters. The second-order valence-electron chi connectivity index (χ2n) is 13.0. The lowest BCUT2D eigenvalue weighted by atomic mass is 9.87. The molecule has 2 heterocycles. The number of imidazole rings is 1. The maximum Gasteiger partial charge on any atom is 0.145 e. The van der Waals surface area contributed by atoms with Gasteiger partial charge in [-0.2, -0.15) is 0 Å². The molecule has 8 rings (SSSR count). The monoisotopic (exact) mass is 606 g/mol. The third-order valence-electron chi connectivity index (χ3n) is 8.80. The Bertz CT molecular complexity index is 2340. The maximum absolute atomic E-state index is 5.08. The van der Waals surface area contributed by atoms with Crippen molar-refractivity contribution in [3.05, 3.63) is 157 Å². The van der Waals surface area contributed by atoms with Crippen molar-refractivity contribution in [2.24, 2.45) is 0 Å². The van der Waals surface area contributed by atoms with Crippen molar-refractivity contribution >= 4 is 22.1 Å². The quantitative estimate of drug-likeness (QED) is 0.196. The average molecular weight is 607 g/mol. The minimum absolute atomic E-state index is 0.0967. The largest absolute Gasteiger partial charge is 0.292 e. The third kappa shape index (κ3) is 5.38. The second-order valence-corrected chi connectivity index (χ2v) is 13.0. The molecule has 0 bridgehead atoms. The van der Waals surface area contributed by atoms with E-state index in [0.717, 1.165) is 72.8 Å². The number of hydrogen-bond acceptors (Lipinski definition) is 3. The standard InChI is InChI=1S/C43H34N4/c1-43(2,3)34-25-27-35(28-26-34)47-39-16-10-9-15-38(39)46-42(47)33-23-19-30(20-24-33)29-17-21-32(22-18-29)41-40(31-11-5-4-6-12-31)44-36-13-7-8-14-37(36)45-41/h4-28H,1-3H3. The predicted octanol–water partition coefficient (Wildman–Crippen LogP) is 10.9. The number of para-hydroxylation sites is 4. The van der Waals surface area contributed by atoms with Crippen LogP contribution in [0.5, 0.6) is 0 Å². The van der Waals surface area contributed by atoms with E-state index in [4.69, 9.17) is 15.0 Å². The van der Waals surface area contributed by atoms with E-state index < -0.39 is 0 Å². The fourth-order valence-electron chi connectivity index (χ4n) is 6.22. The summed E-state index contributed by atoms with van der Waals surface area (Å²) in [5.41, 5.74) is 13.6. The van der Waals surface area contributed by atoms with Gasteiger partial charge in [0.2, 0.25) is 0 Å². The van der Waals surface area contributed by atoms with Crippen molar-refractivity contribution in [3.63, 3.8) is 0 Å². The lowest BCUT2D eigenvalue weighted by molar-refractivity contribution is 0.590. The van der Waals surface area contributed by atoms with E-state index in [1.54, 1.807) is 0 Å². The Morgan fingerprint density at radius 1 is 0.404 bits per heavy atom. The number of hydrogen-bond donors (Lipinski definition) is 0. The van der Waals surface area contributed by atoms with E-state index in [-0.39, 0.29) is 5.41 Å². The Balaban J connectivity index is 1.14. The molecule has 4 nitrogen and oxygen atoms in total. The summed E-state index contributed by atoms with van der Waals surface area (Å²) >= 11 is 0. The summed E-state index contributed by atoms with van der Waals surface area (Å²) in [4.78, 5) is 15.2. The summed E-state index contributed by atoms with van der Waals surface area (Å²) < 4.78 is 2.26. The van der Waals surface area contributed by atoms with E-state index in [0.29, 0.717) is 0 Å². The molecule has 0 saturated heterocycles. The van der Waals surface area contributed by atoms with Crippen molar-refractivity contribution in [2.45, 2.75) is 26.2 Å². The Hall–Kier alpha value is -5.87. The van der Waals surface area contributed by atoms with Gasteiger partial charge < -0.3 is 0 Å². The minimum atomic E-state index is 0.0967. The van der Waals surface area contributed by atoms with Crippen LogP contribution in [0.1, 0.15) is 26.3 Å². The fourth-order valence-corrected chi connectivity index (χ4v) is 6.22. The molecule has 0 saturated carbocycles. The molecule has 2 aromatic heterocycles. The maximum atomic E-state index is 5.08. The molecular weight excluding hydrogens is 573 g/mol. The highest BCUT2D eigenvalue weighted by molar-refractivity contribution is 5.87. The summed E-state index contributed by atoms with van der Waals surface area (Å²) in [5.74, 6) is 0.930. The van der Waals surface area contributed by atoms with Crippen LogP contribution in [0.15, 0.2) is 152 Å². The SMILES string of the molecule is CC(C)(C)c1ccc(-n2c(-c3ccc(-c4ccc(-c5nc6ccccc6nc5-c5ccccc5)cc4)cc3)nc3ccccc32)cc1. The first-order chi connectivity index (χ1) is 22.9. The molecule has 6 aromatic carbocycles. The summed E-state index contributed by atoms with van der Waals surface area (Å²) in [6.45, 7) is 6.73. The number of rotatable bonds is 5. The van der Waals surface area contributed by atoms with E-state index in [2.05, 4.69) is 128 Å². The summed E-state index contributed by atoms with van der Waals surface area (Å²) in [6, 6.07) is 52.9. The molecule has 0 aliphatic rings. The number of nitrogens with zero attached hydrogens (tertiary/aromatic N) is 4. The van der Waals surface area contributed by atoms with Crippen molar-refractivity contribution in [3.8, 4) is 50.7 Å². The first kappa shape index (κ1) is 28.6. The number of fused-ring (bicyclic) bond motifs is 2. The van der Waals surface area contributed by atoms with Crippen molar-refractivity contribution < 1.29 is 0 Å². The van der Waals surface area contributed by atoms with Gasteiger partial charge in [0.25, 0.3) is 0 Å². The van der Waals surface area contributed by atoms with E-state index in [1.807, 2.05) is 48.5 Å². The van der Waals surface area contributed by atoms with Crippen LogP contribution < -0.4 is 0 Å². The molecule has 0 spiro atoms. The van der Waals surface area contributed by atoms with Crippen LogP contribution in [0.2, 0.25) is 0 Å². The van der Waals surface area contributed by atoms with Gasteiger partial charge in [-0.05, 0) is 58.5 Å². The molecule has 47 heavy (non-hydrogen) atoms. The highest BCUT2D eigenvalue weighted by Gasteiger charge is 2.18. The first-order valence-electron chi connectivity index (χ1n) is 16.0. The summed E-state index contributed by atoms with van der Waals surface area (Å²) in [7, 11) is 0. The predicted molar refractivity (Wildman–Crippen MR) is 195 cm³/mol. The van der Waals surface area contributed by atoms with Gasteiger partial charge in [-0.25, -0.2) is 15.0 Å². The molecule has 4 heteroatoms. The zero-order valence-electron chi connectivity index (χ0n) is 26.7. The van der Waals surface area contributed by atoms with Gasteiger partial charge in [-0.1, -0.05) is 136 Å². The van der Waals surface area contributed by atoms with Gasteiger partial charge in [0.1, 0.15) is 5.82 Å². The summed E-state index contributed by atoms with van der Waals surface area (Å²) in [5, 5.41) is 0. The van der Waals surface area contributed by atoms with Gasteiger partial charge in [0, 0.05) is 22.4 Å². The van der Waals surface area contributed by atoms with Crippen molar-refractivity contribution in [2.75, 3.05) is 0 Å². The lowest BCUT2D eigenvalue weighted by Crippen LogP contribution is -2.11. The third-order valence-corrected chi connectivity index (χ3v) is 8.80. The normalized spacial score (nSPS) is 11.7. The van der Waals surface area contributed by atoms with E-state index >= 15 is 0 Å². The smallest absolute Gasteiger partial charge is 0.145 e. The molecule has 0 fully saturated rings. The minimum Gasteiger partial charge on any atom is -0.292 e. The van der Waals surface area contributed by atoms with Gasteiger partial charge in [0.15, 0.2) is 0 Å². The Morgan fingerprint density at radius 2 is 0.872 bits per heavy atom. The van der Waals surface area contributed by atoms with E-state index in [1.165, 1.54) is 5.56 Å². The van der Waals surface area contributed by atoms with Gasteiger partial charge in [0.05, 0.1) is 33.5 Å². The highest BCUT2D eigenvalue weighted by Crippen LogP contribution is 2.34. The van der Waals surface area contributed by atoms with Gasteiger partial charge in [-0.3, -0.25) is 4.57 Å². The van der Waals surface area contributed by atoms with Crippen molar-refractivity contribution in [1.29, 1.82) is 0 Å². The van der Waals surface area contributed by atoms with Gasteiger partial charge in [-0.15, -0.1) is 0 Å². The van der Waals surface area contributed by atoms with Crippen LogP contribution in [0.4, 0.5) is 0 Å². The van der Waals surface area contributed by atoms with Crippen LogP contribution in [0.25, 0.3) is 72.8 Å². The number of aromatic nitrogens is 4.